The van der Waals surface area contributed by atoms with Gasteiger partial charge < -0.3 is 10.1 Å². The minimum atomic E-state index is -0.457. The minimum absolute atomic E-state index is 0.227. The second-order valence-electron chi connectivity index (χ2n) is 5.97. The highest BCUT2D eigenvalue weighted by Crippen LogP contribution is 2.10. The molecular weight excluding hydrogens is 290 g/mol. The van der Waals surface area contributed by atoms with Crippen LogP contribution in [-0.2, 0) is 14.3 Å². The van der Waals surface area contributed by atoms with Crippen molar-refractivity contribution in [2.75, 3.05) is 13.2 Å². The molecule has 0 heterocycles. The fourth-order valence-corrected chi connectivity index (χ4v) is 2.28. The number of amides is 1. The number of unbranched alkanes of at least 4 members (excludes halogenated alkanes) is 9. The molecule has 0 aliphatic carbocycles. The van der Waals surface area contributed by atoms with Crippen molar-refractivity contribution in [2.24, 2.45) is 0 Å². The molecule has 0 aliphatic heterocycles. The molecule has 0 aromatic carbocycles. The van der Waals surface area contributed by atoms with E-state index < -0.39 is 5.97 Å². The average Bonchev–Trinajstić information content (AvgIpc) is 2.56. The van der Waals surface area contributed by atoms with Gasteiger partial charge in [0.2, 0.25) is 5.91 Å². The molecule has 0 bridgehead atoms. The monoisotopic (exact) mass is 325 g/mol. The van der Waals surface area contributed by atoms with E-state index in [-0.39, 0.29) is 5.91 Å². The summed E-state index contributed by atoms with van der Waals surface area (Å²) in [4.78, 5) is 22.7. The van der Waals surface area contributed by atoms with Gasteiger partial charge in [0.15, 0.2) is 0 Å². The maximum atomic E-state index is 11.5. The van der Waals surface area contributed by atoms with E-state index in [0.29, 0.717) is 13.2 Å². The van der Waals surface area contributed by atoms with Gasteiger partial charge in [0.25, 0.3) is 0 Å². The zero-order chi connectivity index (χ0) is 17.2. The van der Waals surface area contributed by atoms with Gasteiger partial charge >= 0.3 is 5.97 Å². The van der Waals surface area contributed by atoms with Crippen molar-refractivity contribution in [3.05, 3.63) is 12.2 Å². The van der Waals surface area contributed by atoms with Crippen molar-refractivity contribution in [2.45, 2.75) is 84.5 Å². The lowest BCUT2D eigenvalue weighted by Crippen LogP contribution is -2.22. The number of ether oxygens (including phenoxy) is 1. The van der Waals surface area contributed by atoms with Crippen LogP contribution in [0.15, 0.2) is 12.2 Å². The van der Waals surface area contributed by atoms with Crippen molar-refractivity contribution in [1.82, 2.24) is 5.32 Å². The third-order valence-electron chi connectivity index (χ3n) is 3.65. The van der Waals surface area contributed by atoms with Gasteiger partial charge in [-0.15, -0.1) is 0 Å². The van der Waals surface area contributed by atoms with E-state index in [4.69, 9.17) is 4.74 Å². The molecule has 1 N–H and O–H groups in total. The van der Waals surface area contributed by atoms with E-state index in [9.17, 15) is 9.59 Å². The van der Waals surface area contributed by atoms with E-state index in [1.54, 1.807) is 0 Å². The molecular formula is C19H35NO3. The van der Waals surface area contributed by atoms with Crippen LogP contribution in [0.25, 0.3) is 0 Å². The first-order valence-corrected chi connectivity index (χ1v) is 9.33. The molecule has 0 rings (SSSR count). The van der Waals surface area contributed by atoms with Crippen LogP contribution in [-0.4, -0.2) is 25.0 Å². The molecule has 0 aliphatic rings. The number of hydrogen-bond acceptors (Lipinski definition) is 3. The molecule has 0 saturated carbocycles. The third-order valence-corrected chi connectivity index (χ3v) is 3.65. The first-order valence-electron chi connectivity index (χ1n) is 9.33. The number of esters is 1. The first-order chi connectivity index (χ1) is 11.2. The van der Waals surface area contributed by atoms with Crippen LogP contribution in [0.3, 0.4) is 0 Å². The van der Waals surface area contributed by atoms with Gasteiger partial charge in [-0.3, -0.25) is 4.79 Å². The Bertz CT molecular complexity index is 327. The van der Waals surface area contributed by atoms with E-state index in [1.165, 1.54) is 63.5 Å². The normalized spacial score (nSPS) is 10.9. The number of rotatable bonds is 15. The highest BCUT2D eigenvalue weighted by molar-refractivity contribution is 5.94. The fourth-order valence-electron chi connectivity index (χ4n) is 2.28. The molecule has 134 valence electrons. The second-order valence-corrected chi connectivity index (χ2v) is 5.97. The number of nitrogens with one attached hydrogen (secondary N) is 1. The van der Waals surface area contributed by atoms with Crippen LogP contribution < -0.4 is 5.32 Å². The van der Waals surface area contributed by atoms with Gasteiger partial charge in [0, 0.05) is 18.7 Å². The topological polar surface area (TPSA) is 55.4 Å². The molecule has 0 fully saturated rings. The Hall–Kier alpha value is -1.32. The van der Waals surface area contributed by atoms with Gasteiger partial charge in [-0.25, -0.2) is 4.79 Å². The SMILES string of the molecule is CCCCCCCCCCCCNC(=O)/C=C/C(=O)OCCC. The standard InChI is InChI=1S/C19H35NO3/c1-3-5-6-7-8-9-10-11-12-13-16-20-18(21)14-15-19(22)23-17-4-2/h14-15H,3-13,16-17H2,1-2H3,(H,20,21)/b15-14+. The average molecular weight is 325 g/mol. The Morgan fingerprint density at radius 3 is 1.91 bits per heavy atom. The van der Waals surface area contributed by atoms with Crippen molar-refractivity contribution < 1.29 is 14.3 Å². The van der Waals surface area contributed by atoms with E-state index in [0.717, 1.165) is 19.3 Å². The Balaban J connectivity index is 3.35. The summed E-state index contributed by atoms with van der Waals surface area (Å²) in [5, 5.41) is 2.79. The summed E-state index contributed by atoms with van der Waals surface area (Å²) in [5.74, 6) is -0.685. The van der Waals surface area contributed by atoms with Crippen molar-refractivity contribution in [3.8, 4) is 0 Å². The number of hydrogen-bond donors (Lipinski definition) is 1. The van der Waals surface area contributed by atoms with Gasteiger partial charge in [-0.05, 0) is 12.8 Å². The third kappa shape index (κ3) is 16.9. The summed E-state index contributed by atoms with van der Waals surface area (Å²) in [6.07, 6.45) is 16.0. The summed E-state index contributed by atoms with van der Waals surface area (Å²) in [6, 6.07) is 0. The van der Waals surface area contributed by atoms with Crippen LogP contribution in [0.2, 0.25) is 0 Å². The Morgan fingerprint density at radius 2 is 1.35 bits per heavy atom. The summed E-state index contributed by atoms with van der Waals surface area (Å²) in [7, 11) is 0. The largest absolute Gasteiger partial charge is 0.463 e. The van der Waals surface area contributed by atoms with Crippen LogP contribution in [0.5, 0.6) is 0 Å². The lowest BCUT2D eigenvalue weighted by atomic mass is 10.1. The van der Waals surface area contributed by atoms with Gasteiger partial charge in [0.1, 0.15) is 0 Å². The van der Waals surface area contributed by atoms with Crippen LogP contribution >= 0.6 is 0 Å². The quantitative estimate of drug-likeness (QED) is 0.273. The molecule has 0 spiro atoms. The molecule has 0 atom stereocenters. The van der Waals surface area contributed by atoms with Crippen LogP contribution in [0, 0.1) is 0 Å². The maximum Gasteiger partial charge on any atom is 0.330 e. The van der Waals surface area contributed by atoms with Crippen LogP contribution in [0.4, 0.5) is 0 Å². The van der Waals surface area contributed by atoms with E-state index >= 15 is 0 Å². The molecule has 1 amide bonds. The summed E-state index contributed by atoms with van der Waals surface area (Å²) in [5.41, 5.74) is 0. The summed E-state index contributed by atoms with van der Waals surface area (Å²) < 4.78 is 4.85. The first kappa shape index (κ1) is 21.7. The minimum Gasteiger partial charge on any atom is -0.463 e. The molecule has 0 unspecified atom stereocenters. The Kier molecular flexibility index (Phi) is 16.1. The zero-order valence-electron chi connectivity index (χ0n) is 15.1. The zero-order valence-corrected chi connectivity index (χ0v) is 15.1. The Morgan fingerprint density at radius 1 is 0.783 bits per heavy atom. The fraction of sp³-hybridized carbons (Fsp3) is 0.789. The summed E-state index contributed by atoms with van der Waals surface area (Å²) >= 11 is 0. The molecule has 23 heavy (non-hydrogen) atoms. The van der Waals surface area contributed by atoms with Crippen molar-refractivity contribution in [3.63, 3.8) is 0 Å². The van der Waals surface area contributed by atoms with E-state index in [1.807, 2.05) is 6.92 Å². The smallest absolute Gasteiger partial charge is 0.330 e. The van der Waals surface area contributed by atoms with E-state index in [2.05, 4.69) is 12.2 Å². The molecule has 0 radical (unpaired) electrons. The molecule has 0 aromatic rings. The van der Waals surface area contributed by atoms with Gasteiger partial charge in [-0.2, -0.15) is 0 Å². The lowest BCUT2D eigenvalue weighted by Gasteiger charge is -2.03. The van der Waals surface area contributed by atoms with Gasteiger partial charge in [0.05, 0.1) is 6.61 Å². The predicted octanol–water partition coefficient (Wildman–Crippen LogP) is 4.53. The molecule has 0 saturated heterocycles. The second kappa shape index (κ2) is 17.0. The number of carbonyl (C=O) groups is 2. The molecule has 0 aromatic heterocycles. The maximum absolute atomic E-state index is 11.5. The highest BCUT2D eigenvalue weighted by atomic mass is 16.5. The number of carbonyl (C=O) groups excluding carboxylic acids is 2. The Labute approximate surface area is 142 Å². The molecule has 4 heteroatoms. The highest BCUT2D eigenvalue weighted by Gasteiger charge is 1.99. The van der Waals surface area contributed by atoms with Gasteiger partial charge in [-0.1, -0.05) is 71.6 Å². The lowest BCUT2D eigenvalue weighted by molar-refractivity contribution is -0.138. The molecule has 4 nitrogen and oxygen atoms in total. The summed E-state index contributed by atoms with van der Waals surface area (Å²) in [6.45, 7) is 5.23. The van der Waals surface area contributed by atoms with Crippen molar-refractivity contribution in [1.29, 1.82) is 0 Å². The van der Waals surface area contributed by atoms with Crippen LogP contribution in [0.1, 0.15) is 84.5 Å². The predicted molar refractivity (Wildman–Crippen MR) is 95.2 cm³/mol. The van der Waals surface area contributed by atoms with Crippen molar-refractivity contribution >= 4 is 11.9 Å².